The fourth-order valence-electron chi connectivity index (χ4n) is 2.43. The predicted molar refractivity (Wildman–Crippen MR) is 76.4 cm³/mol. The minimum Gasteiger partial charge on any atom is -0.464 e. The molecule has 3 rings (SSSR count). The van der Waals surface area contributed by atoms with Gasteiger partial charge in [-0.05, 0) is 30.2 Å². The van der Waals surface area contributed by atoms with E-state index in [2.05, 4.69) is 5.43 Å². The van der Waals surface area contributed by atoms with Crippen LogP contribution in [0.3, 0.4) is 0 Å². The van der Waals surface area contributed by atoms with E-state index in [-0.39, 0.29) is 11.9 Å². The van der Waals surface area contributed by atoms with E-state index >= 15 is 0 Å². The van der Waals surface area contributed by atoms with Gasteiger partial charge in [0.1, 0.15) is 11.4 Å². The van der Waals surface area contributed by atoms with Crippen molar-refractivity contribution in [2.24, 2.45) is 5.84 Å². The second-order valence-electron chi connectivity index (χ2n) is 4.74. The third-order valence-electron chi connectivity index (χ3n) is 3.42. The number of furan rings is 1. The number of hydrogen-bond acceptors (Lipinski definition) is 3. The Balaban J connectivity index is 1.93. The molecule has 4 heteroatoms. The number of para-hydroxylation sites is 1. The van der Waals surface area contributed by atoms with Crippen molar-refractivity contribution in [2.75, 3.05) is 0 Å². The molecule has 0 radical (unpaired) electrons. The fourth-order valence-corrected chi connectivity index (χ4v) is 2.43. The van der Waals surface area contributed by atoms with Gasteiger partial charge in [-0.15, -0.1) is 0 Å². The average molecular weight is 270 g/mol. The van der Waals surface area contributed by atoms with Crippen LogP contribution >= 0.6 is 0 Å². The molecule has 1 unspecified atom stereocenters. The van der Waals surface area contributed by atoms with Crippen molar-refractivity contribution in [1.29, 1.82) is 0 Å². The summed E-state index contributed by atoms with van der Waals surface area (Å²) in [5.74, 6) is 5.42. The lowest BCUT2D eigenvalue weighted by atomic mass is 9.99. The number of fused-ring (bicyclic) bond motifs is 1. The molecule has 3 N–H and O–H groups in total. The predicted octanol–water partition coefficient (Wildman–Crippen LogP) is 3.32. The normalized spacial score (nSPS) is 12.7. The van der Waals surface area contributed by atoms with Crippen molar-refractivity contribution in [2.45, 2.75) is 12.5 Å². The van der Waals surface area contributed by atoms with E-state index in [1.165, 1.54) is 12.1 Å². The van der Waals surface area contributed by atoms with Crippen LogP contribution in [0.15, 0.2) is 59.2 Å². The molecule has 3 aromatic rings. The molecule has 3 nitrogen and oxygen atoms in total. The van der Waals surface area contributed by atoms with E-state index in [0.29, 0.717) is 6.42 Å². The molecule has 2 aromatic carbocycles. The summed E-state index contributed by atoms with van der Waals surface area (Å²) in [7, 11) is 0. The Morgan fingerprint density at radius 2 is 2.00 bits per heavy atom. The second kappa shape index (κ2) is 5.45. The van der Waals surface area contributed by atoms with Crippen molar-refractivity contribution < 1.29 is 8.81 Å². The molecule has 0 aliphatic rings. The van der Waals surface area contributed by atoms with E-state index in [0.717, 1.165) is 22.1 Å². The number of hydrogen-bond donors (Lipinski definition) is 2. The van der Waals surface area contributed by atoms with Crippen LogP contribution in [0.5, 0.6) is 0 Å². The SMILES string of the molecule is NNC(Cc1cccc(F)c1)c1coc2ccccc12. The number of rotatable bonds is 4. The van der Waals surface area contributed by atoms with Crippen LogP contribution in [-0.2, 0) is 6.42 Å². The molecule has 1 aromatic heterocycles. The topological polar surface area (TPSA) is 51.2 Å². The van der Waals surface area contributed by atoms with Gasteiger partial charge < -0.3 is 4.42 Å². The number of halogens is 1. The molecule has 0 aliphatic carbocycles. The Bertz CT molecular complexity index is 723. The van der Waals surface area contributed by atoms with E-state index in [1.807, 2.05) is 30.3 Å². The number of nitrogens with two attached hydrogens (primary N) is 1. The Hall–Kier alpha value is -2.17. The van der Waals surface area contributed by atoms with Gasteiger partial charge in [0.15, 0.2) is 0 Å². The molecule has 1 atom stereocenters. The van der Waals surface area contributed by atoms with E-state index in [9.17, 15) is 4.39 Å². The second-order valence-corrected chi connectivity index (χ2v) is 4.74. The zero-order valence-corrected chi connectivity index (χ0v) is 10.8. The third kappa shape index (κ3) is 2.43. The Labute approximate surface area is 116 Å². The van der Waals surface area contributed by atoms with Gasteiger partial charge in [0, 0.05) is 10.9 Å². The molecule has 0 bridgehead atoms. The molecule has 1 heterocycles. The zero-order chi connectivity index (χ0) is 13.9. The molecular weight excluding hydrogens is 255 g/mol. The summed E-state index contributed by atoms with van der Waals surface area (Å²) < 4.78 is 18.8. The number of hydrazine groups is 1. The first-order chi connectivity index (χ1) is 9.78. The van der Waals surface area contributed by atoms with Gasteiger partial charge in [0.2, 0.25) is 0 Å². The Morgan fingerprint density at radius 3 is 2.80 bits per heavy atom. The standard InChI is InChI=1S/C16H15FN2O/c17-12-5-3-4-11(8-12)9-15(19-18)14-10-20-16-7-2-1-6-13(14)16/h1-8,10,15,19H,9,18H2. The van der Waals surface area contributed by atoms with Crippen molar-refractivity contribution >= 4 is 11.0 Å². The van der Waals surface area contributed by atoms with E-state index in [4.69, 9.17) is 10.3 Å². The molecular formula is C16H15FN2O. The van der Waals surface area contributed by atoms with E-state index < -0.39 is 0 Å². The maximum absolute atomic E-state index is 13.2. The first-order valence-electron chi connectivity index (χ1n) is 6.44. The highest BCUT2D eigenvalue weighted by atomic mass is 19.1. The molecule has 0 saturated heterocycles. The van der Waals surface area contributed by atoms with Crippen LogP contribution in [0.1, 0.15) is 17.2 Å². The van der Waals surface area contributed by atoms with Crippen LogP contribution in [0.2, 0.25) is 0 Å². The number of nitrogens with one attached hydrogen (secondary N) is 1. The summed E-state index contributed by atoms with van der Waals surface area (Å²) in [5.41, 5.74) is 5.47. The van der Waals surface area contributed by atoms with Crippen LogP contribution in [0, 0.1) is 5.82 Å². The smallest absolute Gasteiger partial charge is 0.134 e. The average Bonchev–Trinajstić information content (AvgIpc) is 2.89. The Kier molecular flexibility index (Phi) is 3.50. The van der Waals surface area contributed by atoms with Crippen molar-refractivity contribution in [3.63, 3.8) is 0 Å². The summed E-state index contributed by atoms with van der Waals surface area (Å²) >= 11 is 0. The van der Waals surface area contributed by atoms with Crippen LogP contribution in [0.4, 0.5) is 4.39 Å². The molecule has 0 fully saturated rings. The van der Waals surface area contributed by atoms with Gasteiger partial charge in [-0.1, -0.05) is 30.3 Å². The zero-order valence-electron chi connectivity index (χ0n) is 10.8. The van der Waals surface area contributed by atoms with Crippen LogP contribution < -0.4 is 11.3 Å². The van der Waals surface area contributed by atoms with Gasteiger partial charge in [0.25, 0.3) is 0 Å². The lowest BCUT2D eigenvalue weighted by Gasteiger charge is -2.15. The summed E-state index contributed by atoms with van der Waals surface area (Å²) in [6.07, 6.45) is 2.30. The maximum atomic E-state index is 13.2. The summed E-state index contributed by atoms with van der Waals surface area (Å²) in [4.78, 5) is 0. The van der Waals surface area contributed by atoms with Gasteiger partial charge >= 0.3 is 0 Å². The molecule has 0 spiro atoms. The lowest BCUT2D eigenvalue weighted by Crippen LogP contribution is -2.29. The monoisotopic (exact) mass is 270 g/mol. The first kappa shape index (κ1) is 12.8. The minimum atomic E-state index is -0.240. The van der Waals surface area contributed by atoms with E-state index in [1.54, 1.807) is 12.3 Å². The summed E-state index contributed by atoms with van der Waals surface area (Å²) in [5, 5.41) is 1.02. The van der Waals surface area contributed by atoms with Gasteiger partial charge in [-0.25, -0.2) is 4.39 Å². The van der Waals surface area contributed by atoms with Crippen LogP contribution in [-0.4, -0.2) is 0 Å². The first-order valence-corrected chi connectivity index (χ1v) is 6.44. The van der Waals surface area contributed by atoms with Crippen LogP contribution in [0.25, 0.3) is 11.0 Å². The molecule has 102 valence electrons. The maximum Gasteiger partial charge on any atom is 0.134 e. The highest BCUT2D eigenvalue weighted by Gasteiger charge is 2.16. The molecule has 20 heavy (non-hydrogen) atoms. The highest BCUT2D eigenvalue weighted by Crippen LogP contribution is 2.28. The summed E-state index contributed by atoms with van der Waals surface area (Å²) in [6.45, 7) is 0. The van der Waals surface area contributed by atoms with Crippen molar-refractivity contribution in [3.8, 4) is 0 Å². The highest BCUT2D eigenvalue weighted by molar-refractivity contribution is 5.81. The molecule has 0 saturated carbocycles. The largest absolute Gasteiger partial charge is 0.464 e. The Morgan fingerprint density at radius 1 is 1.15 bits per heavy atom. The quantitative estimate of drug-likeness (QED) is 0.565. The lowest BCUT2D eigenvalue weighted by molar-refractivity contribution is 0.534. The number of benzene rings is 2. The van der Waals surface area contributed by atoms with Gasteiger partial charge in [0.05, 0.1) is 12.3 Å². The molecule has 0 aliphatic heterocycles. The van der Waals surface area contributed by atoms with Crippen molar-refractivity contribution in [1.82, 2.24) is 5.43 Å². The summed E-state index contributed by atoms with van der Waals surface area (Å²) in [6, 6.07) is 14.2. The third-order valence-corrected chi connectivity index (χ3v) is 3.42. The van der Waals surface area contributed by atoms with Crippen molar-refractivity contribution in [3.05, 3.63) is 71.7 Å². The van der Waals surface area contributed by atoms with Gasteiger partial charge in [-0.2, -0.15) is 0 Å². The fraction of sp³-hybridized carbons (Fsp3) is 0.125. The van der Waals surface area contributed by atoms with Gasteiger partial charge in [-0.3, -0.25) is 11.3 Å². The molecule has 0 amide bonds. The minimum absolute atomic E-state index is 0.125.